The first-order valence-corrected chi connectivity index (χ1v) is 2.59. The highest BCUT2D eigenvalue weighted by Gasteiger charge is 2.19. The summed E-state index contributed by atoms with van der Waals surface area (Å²) in [5.74, 6) is -1.96. The highest BCUT2D eigenvalue weighted by Crippen LogP contribution is 1.82. The van der Waals surface area contributed by atoms with Crippen LogP contribution in [0.1, 0.15) is 0 Å². The molecule has 1 unspecified atom stereocenters. The van der Waals surface area contributed by atoms with Crippen molar-refractivity contribution in [3.63, 3.8) is 0 Å². The maximum Gasteiger partial charge on any atom is 0.328 e. The van der Waals surface area contributed by atoms with Crippen LogP contribution >= 0.6 is 0 Å². The van der Waals surface area contributed by atoms with Crippen molar-refractivity contribution in [3.05, 3.63) is 0 Å². The van der Waals surface area contributed by atoms with Crippen LogP contribution in [0, 0.1) is 0 Å². The van der Waals surface area contributed by atoms with E-state index in [1.165, 1.54) is 7.11 Å². The summed E-state index contributed by atoms with van der Waals surface area (Å²) in [6.07, 6.45) is 0. The Morgan fingerprint density at radius 1 is 1.70 bits per heavy atom. The number of hydrogen-bond donors (Lipinski definition) is 2. The van der Waals surface area contributed by atoms with Crippen molar-refractivity contribution in [1.29, 1.82) is 0 Å². The lowest BCUT2D eigenvalue weighted by molar-refractivity contribution is -0.143. The lowest BCUT2D eigenvalue weighted by atomic mass is 10.2. The van der Waals surface area contributed by atoms with Gasteiger partial charge in [0.1, 0.15) is 6.61 Å². The zero-order valence-corrected chi connectivity index (χ0v) is 5.53. The number of hydrogen-bond acceptors (Lipinski definition) is 4. The molecule has 0 aromatic heterocycles. The maximum absolute atomic E-state index is 10.6. The largest absolute Gasteiger partial charge is 0.480 e. The standard InChI is InChI=1S/C5H9NO4/c1-10-2-3(7)4(6)5(8)9/h4H,2,6H2,1H3,(H,8,9). The molecule has 0 radical (unpaired) electrons. The van der Waals surface area contributed by atoms with Gasteiger partial charge >= 0.3 is 5.97 Å². The van der Waals surface area contributed by atoms with Crippen LogP contribution in [0.25, 0.3) is 0 Å². The van der Waals surface area contributed by atoms with Gasteiger partial charge in [-0.3, -0.25) is 9.59 Å². The molecule has 0 bridgehead atoms. The number of carbonyl (C=O) groups is 2. The van der Waals surface area contributed by atoms with Gasteiger partial charge in [0, 0.05) is 7.11 Å². The number of Topliss-reactive ketones (excluding diaryl/α,β-unsaturated/α-hetero) is 1. The molecule has 0 aliphatic carbocycles. The molecule has 0 spiro atoms. The predicted molar refractivity (Wildman–Crippen MR) is 32.5 cm³/mol. The quantitative estimate of drug-likeness (QED) is 0.478. The van der Waals surface area contributed by atoms with Gasteiger partial charge in [-0.15, -0.1) is 0 Å². The lowest BCUT2D eigenvalue weighted by Crippen LogP contribution is -2.40. The Hall–Kier alpha value is -0.940. The number of ether oxygens (including phenoxy) is 1. The number of carbonyl (C=O) groups excluding carboxylic acids is 1. The first-order valence-electron chi connectivity index (χ1n) is 2.59. The molecule has 58 valence electrons. The fourth-order valence-electron chi connectivity index (χ4n) is 0.370. The first-order chi connectivity index (χ1) is 4.59. The second-order valence-electron chi connectivity index (χ2n) is 1.72. The summed E-state index contributed by atoms with van der Waals surface area (Å²) in [5.41, 5.74) is 4.92. The summed E-state index contributed by atoms with van der Waals surface area (Å²) in [7, 11) is 1.30. The molecule has 0 aromatic carbocycles. The van der Waals surface area contributed by atoms with E-state index in [-0.39, 0.29) is 6.61 Å². The van der Waals surface area contributed by atoms with Crippen LogP contribution in [0.3, 0.4) is 0 Å². The number of rotatable bonds is 4. The van der Waals surface area contributed by atoms with Gasteiger partial charge in [0.2, 0.25) is 0 Å². The van der Waals surface area contributed by atoms with Crippen LogP contribution in [0.5, 0.6) is 0 Å². The van der Waals surface area contributed by atoms with Gasteiger partial charge in [-0.25, -0.2) is 0 Å². The minimum Gasteiger partial charge on any atom is -0.480 e. The molecule has 0 rings (SSSR count). The van der Waals surface area contributed by atoms with E-state index in [1.54, 1.807) is 0 Å². The van der Waals surface area contributed by atoms with E-state index in [2.05, 4.69) is 4.74 Å². The molecule has 10 heavy (non-hydrogen) atoms. The first kappa shape index (κ1) is 9.06. The van der Waals surface area contributed by atoms with Crippen molar-refractivity contribution in [2.45, 2.75) is 6.04 Å². The molecule has 5 nitrogen and oxygen atoms in total. The molecule has 1 atom stereocenters. The second kappa shape index (κ2) is 3.97. The molecular formula is C5H9NO4. The smallest absolute Gasteiger partial charge is 0.328 e. The third-order valence-electron chi connectivity index (χ3n) is 0.900. The van der Waals surface area contributed by atoms with Crippen LogP contribution in [0.4, 0.5) is 0 Å². The van der Waals surface area contributed by atoms with Gasteiger partial charge in [0.05, 0.1) is 0 Å². The molecule has 0 saturated heterocycles. The SMILES string of the molecule is COCC(=O)C(N)C(=O)O. The lowest BCUT2D eigenvalue weighted by Gasteiger charge is -2.02. The van der Waals surface area contributed by atoms with Crippen molar-refractivity contribution in [1.82, 2.24) is 0 Å². The molecule has 0 aliphatic heterocycles. The van der Waals surface area contributed by atoms with Crippen LogP contribution in [0.15, 0.2) is 0 Å². The molecule has 0 saturated carbocycles. The van der Waals surface area contributed by atoms with Gasteiger partial charge in [-0.2, -0.15) is 0 Å². The molecule has 0 aromatic rings. The highest BCUT2D eigenvalue weighted by molar-refractivity contribution is 6.02. The van der Waals surface area contributed by atoms with Crippen LogP contribution in [-0.2, 0) is 14.3 Å². The molecule has 0 aliphatic rings. The topological polar surface area (TPSA) is 89.6 Å². The Balaban J connectivity index is 3.82. The Morgan fingerprint density at radius 2 is 2.20 bits per heavy atom. The highest BCUT2D eigenvalue weighted by atomic mass is 16.5. The molecule has 0 fully saturated rings. The Labute approximate surface area is 57.8 Å². The van der Waals surface area contributed by atoms with Crippen LogP contribution in [0.2, 0.25) is 0 Å². The zero-order valence-electron chi connectivity index (χ0n) is 5.53. The number of carboxylic acids is 1. The number of methoxy groups -OCH3 is 1. The van der Waals surface area contributed by atoms with Gasteiger partial charge in [-0.05, 0) is 0 Å². The fourth-order valence-corrected chi connectivity index (χ4v) is 0.370. The Kier molecular flexibility index (Phi) is 3.60. The molecule has 3 N–H and O–H groups in total. The third kappa shape index (κ3) is 2.56. The number of ketones is 1. The monoisotopic (exact) mass is 147 g/mol. The van der Waals surface area contributed by atoms with Crippen molar-refractivity contribution in [2.75, 3.05) is 13.7 Å². The van der Waals surface area contributed by atoms with Gasteiger partial charge in [0.25, 0.3) is 0 Å². The third-order valence-corrected chi connectivity index (χ3v) is 0.900. The van der Waals surface area contributed by atoms with E-state index < -0.39 is 17.8 Å². The van der Waals surface area contributed by atoms with E-state index >= 15 is 0 Å². The summed E-state index contributed by atoms with van der Waals surface area (Å²) in [6, 6.07) is -1.46. The van der Waals surface area contributed by atoms with Crippen molar-refractivity contribution >= 4 is 11.8 Å². The van der Waals surface area contributed by atoms with Crippen molar-refractivity contribution in [3.8, 4) is 0 Å². The minimum atomic E-state index is -1.46. The number of nitrogens with two attached hydrogens (primary N) is 1. The fraction of sp³-hybridized carbons (Fsp3) is 0.600. The van der Waals surface area contributed by atoms with Crippen LogP contribution < -0.4 is 5.73 Å². The predicted octanol–water partition coefficient (Wildman–Crippen LogP) is -1.39. The van der Waals surface area contributed by atoms with Crippen molar-refractivity contribution in [2.24, 2.45) is 5.73 Å². The minimum absolute atomic E-state index is 0.256. The van der Waals surface area contributed by atoms with E-state index in [9.17, 15) is 9.59 Å². The molecule has 5 heteroatoms. The normalized spacial score (nSPS) is 12.6. The second-order valence-corrected chi connectivity index (χ2v) is 1.72. The van der Waals surface area contributed by atoms with E-state index in [0.29, 0.717) is 0 Å². The molecule has 0 heterocycles. The van der Waals surface area contributed by atoms with Gasteiger partial charge in [0.15, 0.2) is 11.8 Å². The average Bonchev–Trinajstić information content (AvgIpc) is 1.87. The van der Waals surface area contributed by atoms with Crippen molar-refractivity contribution < 1.29 is 19.4 Å². The Morgan fingerprint density at radius 3 is 2.50 bits per heavy atom. The average molecular weight is 147 g/mol. The summed E-state index contributed by atoms with van der Waals surface area (Å²) in [6.45, 7) is -0.256. The molecule has 0 amide bonds. The Bertz CT molecular complexity index is 145. The van der Waals surface area contributed by atoms with E-state index in [4.69, 9.17) is 10.8 Å². The molecular weight excluding hydrogens is 138 g/mol. The number of aliphatic carboxylic acids is 1. The summed E-state index contributed by atoms with van der Waals surface area (Å²) in [4.78, 5) is 20.6. The summed E-state index contributed by atoms with van der Waals surface area (Å²) in [5, 5.41) is 8.18. The van der Waals surface area contributed by atoms with Crippen LogP contribution in [-0.4, -0.2) is 36.6 Å². The summed E-state index contributed by atoms with van der Waals surface area (Å²) >= 11 is 0. The number of carboxylic acid groups (broad SMARTS) is 1. The van der Waals surface area contributed by atoms with Gasteiger partial charge in [-0.1, -0.05) is 0 Å². The summed E-state index contributed by atoms with van der Waals surface area (Å²) < 4.78 is 4.38. The maximum atomic E-state index is 10.6. The van der Waals surface area contributed by atoms with Gasteiger partial charge < -0.3 is 15.6 Å². The zero-order chi connectivity index (χ0) is 8.15. The van der Waals surface area contributed by atoms with E-state index in [1.807, 2.05) is 0 Å². The van der Waals surface area contributed by atoms with E-state index in [0.717, 1.165) is 0 Å².